The van der Waals surface area contributed by atoms with E-state index in [-0.39, 0.29) is 26.7 Å². The SMILES string of the molecule is CC=C(CCOc1ccc(CC2(C(=O)OCC)CCCN2)cc1)I=Cc1ccc(Cl)cc1. The lowest BCUT2D eigenvalue weighted by molar-refractivity contribution is -0.150. The number of carbonyl (C=O) groups is 1. The van der Waals surface area contributed by atoms with Crippen molar-refractivity contribution >= 4 is 42.3 Å². The molecule has 1 fully saturated rings. The van der Waals surface area contributed by atoms with Gasteiger partial charge in [0.1, 0.15) is 11.3 Å². The Morgan fingerprint density at radius 1 is 1.19 bits per heavy atom. The smallest absolute Gasteiger partial charge is 0.326 e. The minimum atomic E-state index is -0.594. The lowest BCUT2D eigenvalue weighted by Gasteiger charge is -2.27. The summed E-state index contributed by atoms with van der Waals surface area (Å²) in [5.41, 5.74) is 1.73. The van der Waals surface area contributed by atoms with E-state index in [0.29, 0.717) is 19.6 Å². The molecule has 172 valence electrons. The molecule has 0 aliphatic carbocycles. The van der Waals surface area contributed by atoms with Crippen LogP contribution >= 0.6 is 32.3 Å². The van der Waals surface area contributed by atoms with E-state index in [4.69, 9.17) is 21.1 Å². The molecule has 1 N–H and O–H groups in total. The standard InChI is InChI=1S/C26H31ClINO3/c1-3-23(28-19-21-6-10-22(27)11-7-21)14-17-32-24-12-8-20(9-13-24)18-26(15-5-16-29-26)25(30)31-4-2/h3,6-13,19,29H,4-5,14-18H2,1-2H3. The molecule has 32 heavy (non-hydrogen) atoms. The first-order valence-electron chi connectivity index (χ1n) is 11.1. The molecule has 0 saturated carbocycles. The molecular weight excluding hydrogens is 537 g/mol. The number of nitrogens with one attached hydrogen (secondary N) is 1. The second-order valence-corrected chi connectivity index (χ2v) is 10.8. The van der Waals surface area contributed by atoms with Crippen LogP contribution in [0.4, 0.5) is 0 Å². The van der Waals surface area contributed by atoms with Crippen molar-refractivity contribution in [2.75, 3.05) is 19.8 Å². The minimum Gasteiger partial charge on any atom is -0.493 e. The predicted octanol–water partition coefficient (Wildman–Crippen LogP) is 6.06. The van der Waals surface area contributed by atoms with Crippen molar-refractivity contribution in [2.45, 2.75) is 45.1 Å². The van der Waals surface area contributed by atoms with Crippen molar-refractivity contribution in [1.29, 1.82) is 0 Å². The summed E-state index contributed by atoms with van der Waals surface area (Å²) in [6, 6.07) is 16.1. The molecule has 1 heterocycles. The molecule has 2 aromatic rings. The zero-order valence-electron chi connectivity index (χ0n) is 18.7. The highest BCUT2D eigenvalue weighted by Crippen LogP contribution is 2.27. The van der Waals surface area contributed by atoms with E-state index in [0.717, 1.165) is 42.1 Å². The highest BCUT2D eigenvalue weighted by atomic mass is 127. The van der Waals surface area contributed by atoms with Crippen LogP contribution in [0.25, 0.3) is 0 Å². The molecule has 1 saturated heterocycles. The summed E-state index contributed by atoms with van der Waals surface area (Å²) >= 11 is 5.78. The molecule has 6 heteroatoms. The van der Waals surface area contributed by atoms with Crippen LogP contribution in [0.3, 0.4) is 0 Å². The van der Waals surface area contributed by atoms with Crippen molar-refractivity contribution in [3.63, 3.8) is 0 Å². The number of hydrogen-bond donors (Lipinski definition) is 1. The monoisotopic (exact) mass is 567 g/mol. The van der Waals surface area contributed by atoms with Crippen LogP contribution in [-0.2, 0) is 16.0 Å². The molecule has 0 spiro atoms. The average Bonchev–Trinajstić information content (AvgIpc) is 3.28. The van der Waals surface area contributed by atoms with Gasteiger partial charge in [-0.15, -0.1) is 0 Å². The second kappa shape index (κ2) is 12.5. The van der Waals surface area contributed by atoms with Gasteiger partial charge in [0, 0.05) is 17.9 Å². The van der Waals surface area contributed by atoms with Gasteiger partial charge in [-0.2, -0.15) is 0 Å². The third kappa shape index (κ3) is 7.15. The van der Waals surface area contributed by atoms with Gasteiger partial charge in [-0.25, -0.2) is 0 Å². The van der Waals surface area contributed by atoms with E-state index in [1.54, 1.807) is 0 Å². The van der Waals surface area contributed by atoms with Gasteiger partial charge in [-0.1, -0.05) is 62.7 Å². The predicted molar refractivity (Wildman–Crippen MR) is 141 cm³/mol. The Morgan fingerprint density at radius 3 is 2.56 bits per heavy atom. The second-order valence-electron chi connectivity index (χ2n) is 7.76. The third-order valence-corrected chi connectivity index (χ3v) is 8.70. The molecule has 0 radical (unpaired) electrons. The molecule has 3 rings (SSSR count). The fraction of sp³-hybridized carbons (Fsp3) is 0.385. The number of rotatable bonds is 10. The lowest BCUT2D eigenvalue weighted by atomic mass is 9.89. The van der Waals surface area contributed by atoms with Crippen LogP contribution in [0.2, 0.25) is 5.02 Å². The number of allylic oxidation sites excluding steroid dienone is 1. The van der Waals surface area contributed by atoms with Gasteiger partial charge in [0.15, 0.2) is 0 Å². The van der Waals surface area contributed by atoms with Crippen LogP contribution in [0, 0.1) is 0 Å². The zero-order valence-corrected chi connectivity index (χ0v) is 21.6. The summed E-state index contributed by atoms with van der Waals surface area (Å²) in [5, 5.41) is 4.14. The van der Waals surface area contributed by atoms with Gasteiger partial charge in [0.05, 0.1) is 13.2 Å². The van der Waals surface area contributed by atoms with E-state index >= 15 is 0 Å². The number of esters is 1. The maximum absolute atomic E-state index is 12.5. The van der Waals surface area contributed by atoms with Crippen LogP contribution < -0.4 is 10.1 Å². The summed E-state index contributed by atoms with van der Waals surface area (Å²) in [7, 11) is 0. The maximum atomic E-state index is 12.5. The van der Waals surface area contributed by atoms with Gasteiger partial charge < -0.3 is 14.8 Å². The highest BCUT2D eigenvalue weighted by Gasteiger charge is 2.42. The molecule has 0 aromatic heterocycles. The number of benzene rings is 2. The highest BCUT2D eigenvalue weighted by molar-refractivity contribution is 14.2. The van der Waals surface area contributed by atoms with E-state index < -0.39 is 5.54 Å². The number of carbonyl (C=O) groups excluding carboxylic acids is 1. The maximum Gasteiger partial charge on any atom is 0.326 e. The van der Waals surface area contributed by atoms with Gasteiger partial charge in [-0.05, 0) is 76.2 Å². The van der Waals surface area contributed by atoms with Gasteiger partial charge in [0.25, 0.3) is 0 Å². The summed E-state index contributed by atoms with van der Waals surface area (Å²) in [6.07, 6.45) is 5.57. The van der Waals surface area contributed by atoms with E-state index in [1.165, 1.54) is 9.14 Å². The Labute approximate surface area is 206 Å². The molecule has 0 amide bonds. The summed E-state index contributed by atoms with van der Waals surface area (Å²) in [4.78, 5) is 12.5. The van der Waals surface area contributed by atoms with Gasteiger partial charge >= 0.3 is 5.97 Å². The number of hydrogen-bond acceptors (Lipinski definition) is 4. The van der Waals surface area contributed by atoms with Crippen LogP contribution in [0.1, 0.15) is 44.2 Å². The normalized spacial score (nSPS) is 19.0. The molecular formula is C26H31ClINO3. The quantitative estimate of drug-likeness (QED) is 0.280. The van der Waals surface area contributed by atoms with Crippen molar-refractivity contribution in [3.8, 4) is 5.75 Å². The molecule has 2 aromatic carbocycles. The zero-order chi connectivity index (χ0) is 22.8. The Bertz CT molecular complexity index is 933. The Morgan fingerprint density at radius 2 is 1.94 bits per heavy atom. The lowest BCUT2D eigenvalue weighted by Crippen LogP contribution is -2.50. The molecule has 1 atom stereocenters. The van der Waals surface area contributed by atoms with Crippen molar-refractivity contribution in [1.82, 2.24) is 5.32 Å². The van der Waals surface area contributed by atoms with Crippen LogP contribution in [-0.4, -0.2) is 35.3 Å². The van der Waals surface area contributed by atoms with E-state index in [2.05, 4.69) is 34.5 Å². The summed E-state index contributed by atoms with van der Waals surface area (Å²) in [6.45, 7) is 5.86. The summed E-state index contributed by atoms with van der Waals surface area (Å²) in [5.74, 6) is 0.712. The minimum absolute atomic E-state index is 0.143. The fourth-order valence-corrected chi connectivity index (χ4v) is 5.91. The summed E-state index contributed by atoms with van der Waals surface area (Å²) < 4.78 is 15.1. The first-order chi connectivity index (χ1) is 15.5. The van der Waals surface area contributed by atoms with Crippen molar-refractivity contribution in [2.24, 2.45) is 0 Å². The third-order valence-electron chi connectivity index (χ3n) is 5.45. The Hall–Kier alpha value is -1.70. The largest absolute Gasteiger partial charge is 0.493 e. The first kappa shape index (κ1) is 24.9. The number of ether oxygens (including phenoxy) is 2. The fourth-order valence-electron chi connectivity index (χ4n) is 3.72. The van der Waals surface area contributed by atoms with E-state index in [9.17, 15) is 4.79 Å². The van der Waals surface area contributed by atoms with Crippen molar-refractivity contribution in [3.05, 3.63) is 74.3 Å². The molecule has 4 nitrogen and oxygen atoms in total. The Kier molecular flexibility index (Phi) is 9.75. The average molecular weight is 568 g/mol. The molecule has 1 unspecified atom stereocenters. The molecule has 1 aliphatic rings. The topological polar surface area (TPSA) is 47.6 Å². The Balaban J connectivity index is 1.51. The first-order valence-corrected chi connectivity index (χ1v) is 13.8. The van der Waals surface area contributed by atoms with Gasteiger partial charge in [0.2, 0.25) is 0 Å². The van der Waals surface area contributed by atoms with Crippen molar-refractivity contribution < 1.29 is 14.3 Å². The van der Waals surface area contributed by atoms with Crippen LogP contribution in [0.5, 0.6) is 5.75 Å². The van der Waals surface area contributed by atoms with Crippen LogP contribution in [0.15, 0.2) is 58.2 Å². The molecule has 1 aliphatic heterocycles. The molecule has 0 bridgehead atoms. The van der Waals surface area contributed by atoms with Gasteiger partial charge in [-0.3, -0.25) is 4.79 Å². The number of halogens is 2. The van der Waals surface area contributed by atoms with E-state index in [1.807, 2.05) is 43.3 Å².